The van der Waals surface area contributed by atoms with Crippen molar-refractivity contribution in [1.82, 2.24) is 14.8 Å². The number of thioether (sulfide) groups is 1. The molecule has 2 heterocycles. The van der Waals surface area contributed by atoms with E-state index in [0.29, 0.717) is 11.6 Å². The van der Waals surface area contributed by atoms with E-state index in [9.17, 15) is 13.2 Å². The van der Waals surface area contributed by atoms with Gasteiger partial charge in [0, 0.05) is 28.7 Å². The Morgan fingerprint density at radius 1 is 1.27 bits per heavy atom. The van der Waals surface area contributed by atoms with Gasteiger partial charge in [-0.15, -0.1) is 10.2 Å². The standard InChI is InChI=1S/C19H21N5O3S3/c1-11-9-16(12(2)24(11)14-5-7-15(8-6-14)30(20,26)27)17(25)10-28-19-23-22-18(29-19)21-13-3-4-13/h5-9,13H,3-4,10H2,1-2H3,(H,21,22)(H2,20,26,27). The van der Waals surface area contributed by atoms with Crippen molar-refractivity contribution in [1.29, 1.82) is 0 Å². The van der Waals surface area contributed by atoms with Crippen LogP contribution in [0.2, 0.25) is 0 Å². The first-order valence-corrected chi connectivity index (χ1v) is 12.7. The van der Waals surface area contributed by atoms with Gasteiger partial charge in [-0.2, -0.15) is 0 Å². The average molecular weight is 464 g/mol. The zero-order valence-electron chi connectivity index (χ0n) is 16.5. The zero-order chi connectivity index (χ0) is 21.5. The molecule has 158 valence electrons. The first-order chi connectivity index (χ1) is 14.2. The number of carbonyl (C=O) groups is 1. The number of carbonyl (C=O) groups excluding carboxylic acids is 1. The lowest BCUT2D eigenvalue weighted by atomic mass is 10.2. The van der Waals surface area contributed by atoms with Crippen molar-refractivity contribution >= 4 is 44.0 Å². The normalized spacial score (nSPS) is 14.1. The number of sulfonamides is 1. The first kappa shape index (κ1) is 21.0. The molecular weight excluding hydrogens is 442 g/mol. The van der Waals surface area contributed by atoms with E-state index in [4.69, 9.17) is 5.14 Å². The zero-order valence-corrected chi connectivity index (χ0v) is 18.9. The van der Waals surface area contributed by atoms with Gasteiger partial charge in [-0.25, -0.2) is 13.6 Å². The van der Waals surface area contributed by atoms with E-state index < -0.39 is 10.0 Å². The molecule has 3 N–H and O–H groups in total. The number of Topliss-reactive ketones (excluding diaryl/α,β-unsaturated/α-hetero) is 1. The monoisotopic (exact) mass is 463 g/mol. The number of ketones is 1. The van der Waals surface area contributed by atoms with Gasteiger partial charge >= 0.3 is 0 Å². The number of primary sulfonamides is 1. The van der Waals surface area contributed by atoms with Crippen LogP contribution in [0.25, 0.3) is 5.69 Å². The molecule has 1 fully saturated rings. The number of anilines is 1. The van der Waals surface area contributed by atoms with E-state index in [1.165, 1.54) is 48.1 Å². The van der Waals surface area contributed by atoms with Crippen LogP contribution in [0.1, 0.15) is 34.6 Å². The SMILES string of the molecule is Cc1cc(C(=O)CSc2nnc(NC3CC3)s2)c(C)n1-c1ccc(S(N)(=O)=O)cc1. The Bertz CT molecular complexity index is 1190. The van der Waals surface area contributed by atoms with Crippen molar-refractivity contribution in [2.45, 2.75) is 42.0 Å². The lowest BCUT2D eigenvalue weighted by molar-refractivity contribution is 0.102. The molecule has 0 aliphatic heterocycles. The smallest absolute Gasteiger partial charge is 0.238 e. The summed E-state index contributed by atoms with van der Waals surface area (Å²) < 4.78 is 25.6. The van der Waals surface area contributed by atoms with Gasteiger partial charge < -0.3 is 9.88 Å². The number of rotatable bonds is 8. The molecule has 0 amide bonds. The van der Waals surface area contributed by atoms with Crippen LogP contribution in [0.15, 0.2) is 39.6 Å². The number of nitrogens with zero attached hydrogens (tertiary/aromatic N) is 3. The summed E-state index contributed by atoms with van der Waals surface area (Å²) in [6, 6.07) is 8.65. The van der Waals surface area contributed by atoms with Crippen molar-refractivity contribution in [2.75, 3.05) is 11.1 Å². The molecule has 4 rings (SSSR count). The van der Waals surface area contributed by atoms with Crippen molar-refractivity contribution < 1.29 is 13.2 Å². The lowest BCUT2D eigenvalue weighted by Gasteiger charge is -2.10. The third-order valence-electron chi connectivity index (χ3n) is 4.79. The van der Waals surface area contributed by atoms with Gasteiger partial charge in [-0.3, -0.25) is 4.79 Å². The molecule has 11 heteroatoms. The molecule has 1 saturated carbocycles. The minimum absolute atomic E-state index is 0.00686. The molecule has 0 spiro atoms. The van der Waals surface area contributed by atoms with Crippen LogP contribution >= 0.6 is 23.1 Å². The van der Waals surface area contributed by atoms with Gasteiger partial charge in [0.15, 0.2) is 10.1 Å². The molecule has 0 radical (unpaired) electrons. The molecule has 0 bridgehead atoms. The van der Waals surface area contributed by atoms with Crippen molar-refractivity contribution in [3.63, 3.8) is 0 Å². The average Bonchev–Trinajstić information content (AvgIpc) is 3.30. The summed E-state index contributed by atoms with van der Waals surface area (Å²) >= 11 is 2.85. The molecule has 30 heavy (non-hydrogen) atoms. The van der Waals surface area contributed by atoms with E-state index in [-0.39, 0.29) is 16.4 Å². The summed E-state index contributed by atoms with van der Waals surface area (Å²) in [4.78, 5) is 12.9. The second-order valence-electron chi connectivity index (χ2n) is 7.16. The van der Waals surface area contributed by atoms with Crippen molar-refractivity contribution in [2.24, 2.45) is 5.14 Å². The molecule has 1 aromatic carbocycles. The summed E-state index contributed by atoms with van der Waals surface area (Å²) in [7, 11) is -3.75. The van der Waals surface area contributed by atoms with Crippen molar-refractivity contribution in [3.8, 4) is 5.69 Å². The molecular formula is C19H21N5O3S3. The fraction of sp³-hybridized carbons (Fsp3) is 0.316. The van der Waals surface area contributed by atoms with Crippen LogP contribution in [-0.4, -0.2) is 40.8 Å². The number of benzene rings is 1. The van der Waals surface area contributed by atoms with Crippen LogP contribution in [0.4, 0.5) is 5.13 Å². The van der Waals surface area contributed by atoms with Gasteiger partial charge in [0.2, 0.25) is 15.2 Å². The maximum Gasteiger partial charge on any atom is 0.238 e. The molecule has 3 aromatic rings. The minimum Gasteiger partial charge on any atom is -0.357 e. The number of aryl methyl sites for hydroxylation is 1. The minimum atomic E-state index is -3.75. The number of nitrogens with two attached hydrogens (primary N) is 1. The van der Waals surface area contributed by atoms with E-state index in [2.05, 4.69) is 15.5 Å². The summed E-state index contributed by atoms with van der Waals surface area (Å²) in [6.45, 7) is 3.78. The van der Waals surface area contributed by atoms with Gasteiger partial charge in [0.05, 0.1) is 10.6 Å². The molecule has 1 aliphatic carbocycles. The third-order valence-corrected chi connectivity index (χ3v) is 7.71. The highest BCUT2D eigenvalue weighted by Gasteiger charge is 2.23. The second kappa shape index (κ2) is 8.14. The van der Waals surface area contributed by atoms with Crippen molar-refractivity contribution in [3.05, 3.63) is 47.3 Å². The molecule has 0 atom stereocenters. The predicted octanol–water partition coefficient (Wildman–Crippen LogP) is 3.14. The summed E-state index contributed by atoms with van der Waals surface area (Å²) in [5.41, 5.74) is 3.09. The van der Waals surface area contributed by atoms with E-state index in [1.807, 2.05) is 24.5 Å². The fourth-order valence-corrected chi connectivity index (χ4v) is 5.39. The molecule has 0 unspecified atom stereocenters. The number of aromatic nitrogens is 3. The second-order valence-corrected chi connectivity index (χ2v) is 10.9. The molecule has 1 aliphatic rings. The third kappa shape index (κ3) is 4.59. The highest BCUT2D eigenvalue weighted by molar-refractivity contribution is 8.01. The molecule has 0 saturated heterocycles. The number of hydrogen-bond acceptors (Lipinski definition) is 8. The Labute approximate surface area is 182 Å². The van der Waals surface area contributed by atoms with Crippen LogP contribution in [0, 0.1) is 13.8 Å². The molecule has 8 nitrogen and oxygen atoms in total. The Kier molecular flexibility index (Phi) is 5.71. The quantitative estimate of drug-likeness (QED) is 0.389. The highest BCUT2D eigenvalue weighted by Crippen LogP contribution is 2.31. The maximum atomic E-state index is 12.8. The summed E-state index contributed by atoms with van der Waals surface area (Å²) in [6.07, 6.45) is 2.34. The van der Waals surface area contributed by atoms with Crippen LogP contribution < -0.4 is 10.5 Å². The highest BCUT2D eigenvalue weighted by atomic mass is 32.2. The number of hydrogen-bond donors (Lipinski definition) is 2. The Balaban J connectivity index is 1.48. The van der Waals surface area contributed by atoms with Crippen LogP contribution in [0.5, 0.6) is 0 Å². The van der Waals surface area contributed by atoms with Gasteiger partial charge in [0.1, 0.15) is 0 Å². The lowest BCUT2D eigenvalue weighted by Crippen LogP contribution is -2.12. The van der Waals surface area contributed by atoms with E-state index in [1.54, 1.807) is 12.1 Å². The Hall–Kier alpha value is -2.21. The topological polar surface area (TPSA) is 120 Å². The number of nitrogens with one attached hydrogen (secondary N) is 1. The van der Waals surface area contributed by atoms with Crippen LogP contribution in [-0.2, 0) is 10.0 Å². The first-order valence-electron chi connectivity index (χ1n) is 9.30. The van der Waals surface area contributed by atoms with Gasteiger partial charge in [-0.1, -0.05) is 23.1 Å². The summed E-state index contributed by atoms with van der Waals surface area (Å²) in [5.74, 6) is 0.277. The Morgan fingerprint density at radius 3 is 2.60 bits per heavy atom. The Morgan fingerprint density at radius 2 is 1.97 bits per heavy atom. The molecule has 2 aromatic heterocycles. The van der Waals surface area contributed by atoms with E-state index >= 15 is 0 Å². The fourth-order valence-electron chi connectivity index (χ4n) is 3.16. The maximum absolute atomic E-state index is 12.8. The van der Waals surface area contributed by atoms with Gasteiger partial charge in [-0.05, 0) is 57.0 Å². The summed E-state index contributed by atoms with van der Waals surface area (Å²) in [5, 5.41) is 17.5. The predicted molar refractivity (Wildman–Crippen MR) is 118 cm³/mol. The van der Waals surface area contributed by atoms with Gasteiger partial charge in [0.25, 0.3) is 0 Å². The van der Waals surface area contributed by atoms with E-state index in [0.717, 1.165) is 26.5 Å². The largest absolute Gasteiger partial charge is 0.357 e. The van der Waals surface area contributed by atoms with Crippen LogP contribution in [0.3, 0.4) is 0 Å².